The smallest absolute Gasteiger partial charge is 0.151 e. The molecule has 0 unspecified atom stereocenters. The standard InChI is InChI=1S/4C6H12O6/c4*7-1-3(9)5(11)6(12)4(10)2-8/h4*1,3-6,8-12H,2H2/t4*3-,4+,5+,6+/m0000/s1. The predicted octanol–water partition coefficient (Wildman–Crippen LogP) is -13.5. The Labute approximate surface area is 271 Å². The van der Waals surface area contributed by atoms with Crippen LogP contribution in [0.3, 0.4) is 0 Å². The molecule has 0 aliphatic heterocycles. The van der Waals surface area contributed by atoms with E-state index in [1.807, 2.05) is 0 Å². The van der Waals surface area contributed by atoms with Gasteiger partial charge in [-0.1, -0.05) is 0 Å². The van der Waals surface area contributed by atoms with E-state index in [0.29, 0.717) is 0 Å². The average molecular weight is 721 g/mol. The minimum Gasteiger partial charge on any atom is -0.394 e. The molecule has 0 saturated carbocycles. The summed E-state index contributed by atoms with van der Waals surface area (Å²) in [7, 11) is 0. The molecule has 48 heavy (non-hydrogen) atoms. The molecule has 0 aromatic rings. The quantitative estimate of drug-likeness (QED) is 0.0519. The summed E-state index contributed by atoms with van der Waals surface area (Å²) in [5.41, 5.74) is 0. The van der Waals surface area contributed by atoms with Gasteiger partial charge in [0.2, 0.25) is 0 Å². The molecule has 24 nitrogen and oxygen atoms in total. The maximum Gasteiger partial charge on any atom is 0.151 e. The second kappa shape index (κ2) is 29.8. The Morgan fingerprint density at radius 2 is 0.396 bits per heavy atom. The highest BCUT2D eigenvalue weighted by Gasteiger charge is 2.32. The van der Waals surface area contributed by atoms with Crippen molar-refractivity contribution in [1.29, 1.82) is 0 Å². The van der Waals surface area contributed by atoms with Gasteiger partial charge in [0.05, 0.1) is 26.4 Å². The lowest BCUT2D eigenvalue weighted by atomic mass is 10.0. The maximum atomic E-state index is 9.90. The highest BCUT2D eigenvalue weighted by atomic mass is 16.4. The van der Waals surface area contributed by atoms with E-state index in [1.165, 1.54) is 0 Å². The van der Waals surface area contributed by atoms with Gasteiger partial charge in [0.15, 0.2) is 25.1 Å². The Bertz CT molecular complexity index is 680. The zero-order chi connectivity index (χ0) is 38.9. The first-order valence-electron chi connectivity index (χ1n) is 13.3. The molecule has 0 aliphatic rings. The molecule has 0 fully saturated rings. The van der Waals surface area contributed by atoms with Crippen molar-refractivity contribution in [3.63, 3.8) is 0 Å². The second-order valence-corrected chi connectivity index (χ2v) is 9.43. The third kappa shape index (κ3) is 21.1. The van der Waals surface area contributed by atoms with Gasteiger partial charge in [-0.05, 0) is 0 Å². The van der Waals surface area contributed by atoms with E-state index < -0.39 is 124 Å². The second-order valence-electron chi connectivity index (χ2n) is 9.43. The Hall–Kier alpha value is -2.12. The predicted molar refractivity (Wildman–Crippen MR) is 149 cm³/mol. The number of aldehydes is 4. The van der Waals surface area contributed by atoms with Crippen LogP contribution >= 0.6 is 0 Å². The number of hydrogen-bond acceptors (Lipinski definition) is 24. The summed E-state index contributed by atoms with van der Waals surface area (Å²) in [6.45, 7) is -3.04. The van der Waals surface area contributed by atoms with Crippen molar-refractivity contribution in [3.8, 4) is 0 Å². The summed E-state index contributed by atoms with van der Waals surface area (Å²) in [6, 6.07) is 0. The van der Waals surface area contributed by atoms with Crippen LogP contribution in [0.4, 0.5) is 0 Å². The van der Waals surface area contributed by atoms with E-state index in [1.54, 1.807) is 0 Å². The Balaban J connectivity index is -0.000000269. The number of carbonyl (C=O) groups excluding carboxylic acids is 4. The van der Waals surface area contributed by atoms with Gasteiger partial charge in [-0.15, -0.1) is 0 Å². The summed E-state index contributed by atoms with van der Waals surface area (Å²) >= 11 is 0. The van der Waals surface area contributed by atoms with Gasteiger partial charge in [-0.2, -0.15) is 0 Å². The SMILES string of the molecule is O=C[C@H](O)[C@@H](O)[C@H](O)[C@H](O)CO.O=C[C@H](O)[C@@H](O)[C@H](O)[C@H](O)CO.O=C[C@H](O)[C@@H](O)[C@H](O)[C@H](O)CO.O=C[C@H](O)[C@@H](O)[C@H](O)[C@H](O)CO. The molecule has 0 aliphatic carbocycles. The summed E-state index contributed by atoms with van der Waals surface area (Å²) in [6.07, 6.45) is -27.4. The Kier molecular flexibility index (Phi) is 32.7. The van der Waals surface area contributed by atoms with E-state index >= 15 is 0 Å². The zero-order valence-electron chi connectivity index (χ0n) is 25.0. The van der Waals surface area contributed by atoms with Crippen molar-refractivity contribution in [1.82, 2.24) is 0 Å². The lowest BCUT2D eigenvalue weighted by molar-refractivity contribution is -0.136. The summed E-state index contributed by atoms with van der Waals surface area (Å²) in [4.78, 5) is 39.6. The Morgan fingerprint density at radius 3 is 0.479 bits per heavy atom. The van der Waals surface area contributed by atoms with E-state index in [-0.39, 0.29) is 25.1 Å². The molecule has 24 heteroatoms. The molecule has 0 amide bonds. The normalized spacial score (nSPS) is 21.1. The van der Waals surface area contributed by atoms with E-state index in [0.717, 1.165) is 0 Å². The van der Waals surface area contributed by atoms with Gasteiger partial charge in [0, 0.05) is 0 Å². The van der Waals surface area contributed by atoms with Crippen LogP contribution in [0.25, 0.3) is 0 Å². The van der Waals surface area contributed by atoms with Crippen molar-refractivity contribution in [2.75, 3.05) is 26.4 Å². The third-order valence-corrected chi connectivity index (χ3v) is 5.68. The molecule has 0 rings (SSSR count). The van der Waals surface area contributed by atoms with Crippen LogP contribution in [0.1, 0.15) is 0 Å². The molecule has 20 N–H and O–H groups in total. The summed E-state index contributed by atoms with van der Waals surface area (Å²) < 4.78 is 0. The highest BCUT2D eigenvalue weighted by Crippen LogP contribution is 2.05. The van der Waals surface area contributed by atoms with Gasteiger partial charge in [0.25, 0.3) is 0 Å². The molecular weight excluding hydrogens is 672 g/mol. The summed E-state index contributed by atoms with van der Waals surface area (Å²) in [5.74, 6) is 0. The zero-order valence-corrected chi connectivity index (χ0v) is 25.0. The molecule has 0 saturated heterocycles. The molecule has 16 atom stereocenters. The van der Waals surface area contributed by atoms with Crippen LogP contribution in [-0.4, -0.2) is 251 Å². The molecule has 0 bridgehead atoms. The van der Waals surface area contributed by atoms with Gasteiger partial charge in [-0.25, -0.2) is 0 Å². The largest absolute Gasteiger partial charge is 0.394 e. The van der Waals surface area contributed by atoms with Crippen LogP contribution in [0.5, 0.6) is 0 Å². The van der Waals surface area contributed by atoms with E-state index in [4.69, 9.17) is 102 Å². The number of aliphatic hydroxyl groups excluding tert-OH is 20. The molecule has 0 heterocycles. The number of hydrogen-bond donors (Lipinski definition) is 20. The van der Waals surface area contributed by atoms with E-state index in [9.17, 15) is 19.2 Å². The fourth-order valence-corrected chi connectivity index (χ4v) is 2.47. The molecule has 0 aromatic heterocycles. The molecule has 0 spiro atoms. The number of carbonyl (C=O) groups is 4. The summed E-state index contributed by atoms with van der Waals surface area (Å²) in [5, 5.41) is 174. The van der Waals surface area contributed by atoms with Crippen molar-refractivity contribution in [2.24, 2.45) is 0 Å². The lowest BCUT2D eigenvalue weighted by Gasteiger charge is -2.22. The highest BCUT2D eigenvalue weighted by molar-refractivity contribution is 5.57. The molecule has 288 valence electrons. The molecule has 0 radical (unpaired) electrons. The maximum absolute atomic E-state index is 9.90. The lowest BCUT2D eigenvalue weighted by Crippen LogP contribution is -2.46. The van der Waals surface area contributed by atoms with Crippen molar-refractivity contribution < 1.29 is 121 Å². The first kappa shape index (κ1) is 52.7. The van der Waals surface area contributed by atoms with Gasteiger partial charge < -0.3 is 121 Å². The minimum atomic E-state index is -1.79. The van der Waals surface area contributed by atoms with Crippen molar-refractivity contribution in [2.45, 2.75) is 97.7 Å². The fraction of sp³-hybridized carbons (Fsp3) is 0.833. The van der Waals surface area contributed by atoms with Crippen molar-refractivity contribution >= 4 is 25.1 Å². The first-order valence-corrected chi connectivity index (χ1v) is 13.3. The number of rotatable bonds is 20. The Morgan fingerprint density at radius 1 is 0.271 bits per heavy atom. The average Bonchev–Trinajstić information content (AvgIpc) is 3.12. The van der Waals surface area contributed by atoms with Crippen LogP contribution < -0.4 is 0 Å². The van der Waals surface area contributed by atoms with Gasteiger partial charge >= 0.3 is 0 Å². The molecule has 0 aromatic carbocycles. The van der Waals surface area contributed by atoms with Gasteiger partial charge in [0.1, 0.15) is 97.7 Å². The van der Waals surface area contributed by atoms with E-state index in [2.05, 4.69) is 0 Å². The monoisotopic (exact) mass is 720 g/mol. The van der Waals surface area contributed by atoms with Gasteiger partial charge in [-0.3, -0.25) is 0 Å². The third-order valence-electron chi connectivity index (χ3n) is 5.68. The van der Waals surface area contributed by atoms with Crippen LogP contribution in [0.2, 0.25) is 0 Å². The van der Waals surface area contributed by atoms with Crippen molar-refractivity contribution in [3.05, 3.63) is 0 Å². The van der Waals surface area contributed by atoms with Crippen LogP contribution in [0.15, 0.2) is 0 Å². The first-order chi connectivity index (χ1) is 22.2. The topological polar surface area (TPSA) is 473 Å². The minimum absolute atomic E-state index is 0.0258. The van der Waals surface area contributed by atoms with Crippen LogP contribution in [-0.2, 0) is 19.2 Å². The van der Waals surface area contributed by atoms with Crippen LogP contribution in [0, 0.1) is 0 Å². The number of aliphatic hydroxyl groups is 20. The molecular formula is C24H48O24. The fourth-order valence-electron chi connectivity index (χ4n) is 2.47.